The number of hydrogen-bond acceptors (Lipinski definition) is 2. The van der Waals surface area contributed by atoms with E-state index < -0.39 is 5.97 Å². The molecule has 1 rings (SSSR count). The summed E-state index contributed by atoms with van der Waals surface area (Å²) in [5, 5.41) is 8.77. The molecule has 0 spiro atoms. The molecule has 74 valence electrons. The summed E-state index contributed by atoms with van der Waals surface area (Å²) in [6, 6.07) is 4.88. The zero-order valence-corrected chi connectivity index (χ0v) is 7.99. The van der Waals surface area contributed by atoms with Crippen molar-refractivity contribution in [3.8, 4) is 0 Å². The molecule has 0 aliphatic carbocycles. The number of ether oxygens (including phenoxy) is 1. The summed E-state index contributed by atoms with van der Waals surface area (Å²) in [5.41, 5.74) is 2.00. The second kappa shape index (κ2) is 4.58. The van der Waals surface area contributed by atoms with Gasteiger partial charge in [0.2, 0.25) is 0 Å². The van der Waals surface area contributed by atoms with E-state index in [-0.39, 0.29) is 5.56 Å². The summed E-state index contributed by atoms with van der Waals surface area (Å²) in [7, 11) is 1.57. The molecule has 0 fully saturated rings. The Labute approximate surface area is 82.6 Å². The summed E-state index contributed by atoms with van der Waals surface area (Å²) >= 11 is 0. The minimum absolute atomic E-state index is 0.266. The molecule has 0 aliphatic heterocycles. The lowest BCUT2D eigenvalue weighted by Crippen LogP contribution is -2.00. The number of carboxylic acids is 1. The smallest absolute Gasteiger partial charge is 0.335 e. The van der Waals surface area contributed by atoms with Crippen molar-refractivity contribution in [3.63, 3.8) is 0 Å². The van der Waals surface area contributed by atoms with Crippen LogP contribution in [-0.4, -0.2) is 18.2 Å². The zero-order valence-electron chi connectivity index (χ0n) is 7.99. The lowest BCUT2D eigenvalue weighted by molar-refractivity contribution is 0.0696. The molecule has 0 unspecified atom stereocenters. The number of carboxylic acid groups (broad SMARTS) is 1. The summed E-state index contributed by atoms with van der Waals surface area (Å²) in [5.74, 6) is -0.932. The Kier molecular flexibility index (Phi) is 3.42. The Morgan fingerprint density at radius 1 is 1.64 bits per heavy atom. The van der Waals surface area contributed by atoms with Gasteiger partial charge < -0.3 is 9.84 Å². The van der Waals surface area contributed by atoms with Gasteiger partial charge in [-0.25, -0.2) is 4.79 Å². The summed E-state index contributed by atoms with van der Waals surface area (Å²) < 4.78 is 4.96. The first kappa shape index (κ1) is 10.5. The monoisotopic (exact) mass is 192 g/mol. The molecule has 0 atom stereocenters. The normalized spacial score (nSPS) is 9.79. The molecule has 1 aromatic carbocycles. The highest BCUT2D eigenvalue weighted by molar-refractivity contribution is 5.88. The largest absolute Gasteiger partial charge is 0.478 e. The van der Waals surface area contributed by atoms with Crippen molar-refractivity contribution in [2.24, 2.45) is 0 Å². The van der Waals surface area contributed by atoms with Crippen LogP contribution in [0.25, 0.3) is 6.08 Å². The third-order valence-electron chi connectivity index (χ3n) is 1.91. The minimum Gasteiger partial charge on any atom is -0.478 e. The zero-order chi connectivity index (χ0) is 10.6. The van der Waals surface area contributed by atoms with Crippen LogP contribution in [0.2, 0.25) is 0 Å². The summed E-state index contributed by atoms with van der Waals surface area (Å²) in [4.78, 5) is 10.7. The molecule has 3 heteroatoms. The van der Waals surface area contributed by atoms with Crippen LogP contribution in [0, 0.1) is 0 Å². The average molecular weight is 192 g/mol. The Hall–Kier alpha value is -1.61. The molecule has 3 nitrogen and oxygen atoms in total. The predicted molar refractivity (Wildman–Crippen MR) is 54.2 cm³/mol. The van der Waals surface area contributed by atoms with Gasteiger partial charge in [-0.3, -0.25) is 0 Å². The van der Waals surface area contributed by atoms with Crippen LogP contribution in [0.3, 0.4) is 0 Å². The van der Waals surface area contributed by atoms with Crippen LogP contribution in [0.1, 0.15) is 21.5 Å². The van der Waals surface area contributed by atoms with E-state index in [0.717, 1.165) is 11.1 Å². The molecule has 0 aliphatic rings. The van der Waals surface area contributed by atoms with E-state index in [4.69, 9.17) is 9.84 Å². The molecular formula is C11H12O3. The Morgan fingerprint density at radius 3 is 2.86 bits per heavy atom. The molecule has 0 aromatic heterocycles. The van der Waals surface area contributed by atoms with Gasteiger partial charge in [0.1, 0.15) is 0 Å². The maximum atomic E-state index is 10.7. The first-order chi connectivity index (χ1) is 6.69. The lowest BCUT2D eigenvalue weighted by Gasteiger charge is -2.05. The SMILES string of the molecule is C=Cc1ccc(C(=O)O)cc1COC. The number of hydrogen-bond donors (Lipinski definition) is 1. The van der Waals surface area contributed by atoms with Gasteiger partial charge in [-0.15, -0.1) is 0 Å². The van der Waals surface area contributed by atoms with Crippen LogP contribution in [0.4, 0.5) is 0 Å². The van der Waals surface area contributed by atoms with E-state index in [1.54, 1.807) is 31.4 Å². The summed E-state index contributed by atoms with van der Waals surface area (Å²) in [6.45, 7) is 4.04. The van der Waals surface area contributed by atoms with Gasteiger partial charge in [0.15, 0.2) is 0 Å². The number of methoxy groups -OCH3 is 1. The van der Waals surface area contributed by atoms with Crippen molar-refractivity contribution < 1.29 is 14.6 Å². The molecule has 14 heavy (non-hydrogen) atoms. The van der Waals surface area contributed by atoms with Gasteiger partial charge >= 0.3 is 5.97 Å². The topological polar surface area (TPSA) is 46.5 Å². The lowest BCUT2D eigenvalue weighted by atomic mass is 10.0. The van der Waals surface area contributed by atoms with Crippen molar-refractivity contribution in [1.29, 1.82) is 0 Å². The summed E-state index contributed by atoms with van der Waals surface area (Å²) in [6.07, 6.45) is 1.68. The molecule has 1 aromatic rings. The standard InChI is InChI=1S/C11H12O3/c1-3-8-4-5-9(11(12)13)6-10(8)7-14-2/h3-6H,1,7H2,2H3,(H,12,13). The number of carbonyl (C=O) groups is 1. The Morgan fingerprint density at radius 2 is 2.36 bits per heavy atom. The van der Waals surface area contributed by atoms with Crippen LogP contribution in [0.5, 0.6) is 0 Å². The van der Waals surface area contributed by atoms with Crippen molar-refractivity contribution in [2.75, 3.05) is 7.11 Å². The van der Waals surface area contributed by atoms with Gasteiger partial charge in [0.05, 0.1) is 12.2 Å². The molecule has 0 radical (unpaired) electrons. The quantitative estimate of drug-likeness (QED) is 0.795. The van der Waals surface area contributed by atoms with E-state index in [2.05, 4.69) is 6.58 Å². The molecule has 0 heterocycles. The van der Waals surface area contributed by atoms with Gasteiger partial charge in [0.25, 0.3) is 0 Å². The van der Waals surface area contributed by atoms with Crippen molar-refractivity contribution in [3.05, 3.63) is 41.5 Å². The van der Waals surface area contributed by atoms with Crippen LogP contribution in [0.15, 0.2) is 24.8 Å². The van der Waals surface area contributed by atoms with Crippen molar-refractivity contribution in [1.82, 2.24) is 0 Å². The second-order valence-corrected chi connectivity index (χ2v) is 2.86. The third kappa shape index (κ3) is 2.20. The number of benzene rings is 1. The maximum Gasteiger partial charge on any atom is 0.335 e. The molecule has 0 saturated carbocycles. The second-order valence-electron chi connectivity index (χ2n) is 2.86. The molecule has 1 N–H and O–H groups in total. The first-order valence-electron chi connectivity index (χ1n) is 4.16. The molecule has 0 saturated heterocycles. The van der Waals surface area contributed by atoms with Gasteiger partial charge in [0, 0.05) is 7.11 Å². The van der Waals surface area contributed by atoms with Crippen LogP contribution >= 0.6 is 0 Å². The fourth-order valence-electron chi connectivity index (χ4n) is 1.22. The van der Waals surface area contributed by atoms with E-state index in [9.17, 15) is 4.79 Å². The van der Waals surface area contributed by atoms with Crippen LogP contribution in [-0.2, 0) is 11.3 Å². The van der Waals surface area contributed by atoms with E-state index >= 15 is 0 Å². The predicted octanol–water partition coefficient (Wildman–Crippen LogP) is 2.17. The minimum atomic E-state index is -0.932. The van der Waals surface area contributed by atoms with Crippen LogP contribution < -0.4 is 0 Å². The fourth-order valence-corrected chi connectivity index (χ4v) is 1.22. The first-order valence-corrected chi connectivity index (χ1v) is 4.16. The fraction of sp³-hybridized carbons (Fsp3) is 0.182. The molecular weight excluding hydrogens is 180 g/mol. The van der Waals surface area contributed by atoms with E-state index in [0.29, 0.717) is 6.61 Å². The van der Waals surface area contributed by atoms with E-state index in [1.807, 2.05) is 0 Å². The van der Waals surface area contributed by atoms with Crippen molar-refractivity contribution >= 4 is 12.0 Å². The maximum absolute atomic E-state index is 10.7. The molecule has 0 bridgehead atoms. The Balaban J connectivity index is 3.13. The number of aromatic carboxylic acids is 1. The Bertz CT molecular complexity index is 356. The number of rotatable bonds is 4. The highest BCUT2D eigenvalue weighted by atomic mass is 16.5. The van der Waals surface area contributed by atoms with Gasteiger partial charge in [-0.1, -0.05) is 18.7 Å². The van der Waals surface area contributed by atoms with E-state index in [1.165, 1.54) is 0 Å². The average Bonchev–Trinajstić information content (AvgIpc) is 2.18. The van der Waals surface area contributed by atoms with Gasteiger partial charge in [-0.05, 0) is 23.3 Å². The molecule has 0 amide bonds. The highest BCUT2D eigenvalue weighted by Crippen LogP contribution is 2.14. The van der Waals surface area contributed by atoms with Gasteiger partial charge in [-0.2, -0.15) is 0 Å². The van der Waals surface area contributed by atoms with Crippen molar-refractivity contribution in [2.45, 2.75) is 6.61 Å². The highest BCUT2D eigenvalue weighted by Gasteiger charge is 2.06. The third-order valence-corrected chi connectivity index (χ3v) is 1.91.